The van der Waals surface area contributed by atoms with Crippen LogP contribution in [0.5, 0.6) is 5.75 Å². The molecule has 0 radical (unpaired) electrons. The maximum absolute atomic E-state index is 12.8. The van der Waals surface area contributed by atoms with Crippen LogP contribution < -0.4 is 9.61 Å². The standard InChI is InChI=1S/C27H38N5O7PS/c1-16-20-23(29-14-28-16)32(15-30-20)25-27(7,35)22(33)21(37-25)18(3)38-40(41,39-19-11-9-8-10-12-19)31-17(2)24(34)36-13-26(4,5)6/h8-12,14-15,17-18,21-22,25,33,35H,13H2,1-7H3,(H,31,41)/t17?,18?,21-,22-,25-,27-,40?/m1/s1. The van der Waals surface area contributed by atoms with E-state index >= 15 is 0 Å². The topological polar surface area (TPSA) is 150 Å². The van der Waals surface area contributed by atoms with Crippen molar-refractivity contribution in [2.75, 3.05) is 6.61 Å². The average Bonchev–Trinajstić information content (AvgIpc) is 3.41. The lowest BCUT2D eigenvalue weighted by atomic mass is 9.94. The Kier molecular flexibility index (Phi) is 9.20. The van der Waals surface area contributed by atoms with E-state index in [1.54, 1.807) is 49.6 Å². The molecule has 0 aliphatic carbocycles. The van der Waals surface area contributed by atoms with Crippen molar-refractivity contribution in [1.82, 2.24) is 24.6 Å². The number of nitrogens with zero attached hydrogens (tertiary/aromatic N) is 4. The van der Waals surface area contributed by atoms with Gasteiger partial charge < -0.3 is 28.7 Å². The summed E-state index contributed by atoms with van der Waals surface area (Å²) in [6.45, 7) is 9.20. The first kappa shape index (κ1) is 31.4. The molecular weight excluding hydrogens is 569 g/mol. The normalized spacial score (nSPS) is 25.9. The summed E-state index contributed by atoms with van der Waals surface area (Å²) >= 11 is 5.85. The van der Waals surface area contributed by atoms with E-state index in [4.69, 9.17) is 30.3 Å². The average molecular weight is 608 g/mol. The van der Waals surface area contributed by atoms with Crippen LogP contribution in [0.4, 0.5) is 0 Å². The molecule has 1 aliphatic heterocycles. The molecule has 1 fully saturated rings. The summed E-state index contributed by atoms with van der Waals surface area (Å²) in [5.41, 5.74) is -0.283. The molecule has 224 valence electrons. The molecule has 0 saturated carbocycles. The summed E-state index contributed by atoms with van der Waals surface area (Å²) in [6, 6.07) is 7.98. The Morgan fingerprint density at radius 2 is 1.93 bits per heavy atom. The number of esters is 1. The molecule has 1 saturated heterocycles. The van der Waals surface area contributed by atoms with Crippen molar-refractivity contribution >= 4 is 35.6 Å². The molecule has 0 spiro atoms. The summed E-state index contributed by atoms with van der Waals surface area (Å²) in [5.74, 6) is -0.0741. The second-order valence-electron chi connectivity index (χ2n) is 11.6. The quantitative estimate of drug-likeness (QED) is 0.229. The highest BCUT2D eigenvalue weighted by atomic mass is 32.5. The van der Waals surface area contributed by atoms with Crippen LogP contribution in [0.3, 0.4) is 0 Å². The van der Waals surface area contributed by atoms with Gasteiger partial charge in [0, 0.05) is 0 Å². The molecule has 12 nitrogen and oxygen atoms in total. The summed E-state index contributed by atoms with van der Waals surface area (Å²) < 4.78 is 25.6. The maximum atomic E-state index is 12.8. The lowest BCUT2D eigenvalue weighted by Gasteiger charge is -2.32. The van der Waals surface area contributed by atoms with Crippen molar-refractivity contribution in [3.05, 3.63) is 48.7 Å². The van der Waals surface area contributed by atoms with Crippen LogP contribution in [-0.2, 0) is 30.6 Å². The number of aromatic nitrogens is 4. The molecule has 1 aliphatic rings. The van der Waals surface area contributed by atoms with Gasteiger partial charge in [0.1, 0.15) is 41.4 Å². The Morgan fingerprint density at radius 3 is 2.59 bits per heavy atom. The SMILES string of the molecule is Cc1ncnc2c1ncn2[C@@H]1O[C@H](C(C)OP(=S)(NC(C)C(=O)OCC(C)(C)C)Oc2ccccc2)[C@@H](O)[C@@]1(C)O. The van der Waals surface area contributed by atoms with Crippen molar-refractivity contribution in [3.8, 4) is 5.75 Å². The first-order valence-corrected chi connectivity index (χ1v) is 15.9. The number of ether oxygens (including phenoxy) is 2. The minimum absolute atomic E-state index is 0.212. The van der Waals surface area contributed by atoms with E-state index in [0.29, 0.717) is 22.6 Å². The number of hydrogen-bond donors (Lipinski definition) is 3. The van der Waals surface area contributed by atoms with E-state index in [9.17, 15) is 15.0 Å². The van der Waals surface area contributed by atoms with Gasteiger partial charge in [-0.15, -0.1) is 0 Å². The highest BCUT2D eigenvalue weighted by Gasteiger charge is 2.56. The van der Waals surface area contributed by atoms with E-state index in [0.717, 1.165) is 0 Å². The molecule has 0 amide bonds. The minimum Gasteiger partial charge on any atom is -0.464 e. The molecule has 3 aromatic rings. The van der Waals surface area contributed by atoms with Crippen LogP contribution in [0.1, 0.15) is 53.5 Å². The third-order valence-corrected chi connectivity index (χ3v) is 9.14. The maximum Gasteiger partial charge on any atom is 0.323 e. The predicted molar refractivity (Wildman–Crippen MR) is 156 cm³/mol. The monoisotopic (exact) mass is 607 g/mol. The van der Waals surface area contributed by atoms with Crippen LogP contribution in [0.15, 0.2) is 43.0 Å². The number of carbonyl (C=O) groups is 1. The van der Waals surface area contributed by atoms with Crippen molar-refractivity contribution in [1.29, 1.82) is 0 Å². The van der Waals surface area contributed by atoms with E-state index in [1.165, 1.54) is 19.6 Å². The fourth-order valence-corrected chi connectivity index (χ4v) is 7.21. The third kappa shape index (κ3) is 7.11. The Labute approximate surface area is 244 Å². The van der Waals surface area contributed by atoms with Gasteiger partial charge in [0.25, 0.3) is 0 Å². The highest BCUT2D eigenvalue weighted by molar-refractivity contribution is 8.09. The number of hydrogen-bond acceptors (Lipinski definition) is 11. The molecular formula is C27H38N5O7PS. The Balaban J connectivity index is 1.56. The molecule has 3 unspecified atom stereocenters. The second-order valence-corrected chi connectivity index (χ2v) is 14.7. The van der Waals surface area contributed by atoms with E-state index in [2.05, 4.69) is 20.0 Å². The van der Waals surface area contributed by atoms with Gasteiger partial charge in [-0.2, -0.15) is 0 Å². The summed E-state index contributed by atoms with van der Waals surface area (Å²) in [7, 11) is 0. The molecule has 3 N–H and O–H groups in total. The van der Waals surface area contributed by atoms with Crippen LogP contribution in [0.25, 0.3) is 11.2 Å². The van der Waals surface area contributed by atoms with Gasteiger partial charge >= 0.3 is 12.6 Å². The Bertz CT molecular complexity index is 1410. The summed E-state index contributed by atoms with van der Waals surface area (Å²) in [4.78, 5) is 25.6. The fourth-order valence-electron chi connectivity index (χ4n) is 4.37. The van der Waals surface area contributed by atoms with Crippen molar-refractivity contribution in [2.24, 2.45) is 5.41 Å². The second kappa shape index (κ2) is 12.0. The highest BCUT2D eigenvalue weighted by Crippen LogP contribution is 2.49. The van der Waals surface area contributed by atoms with Crippen LogP contribution in [0.2, 0.25) is 0 Å². The zero-order valence-corrected chi connectivity index (χ0v) is 25.9. The van der Waals surface area contributed by atoms with Gasteiger partial charge in [-0.25, -0.2) is 20.0 Å². The van der Waals surface area contributed by atoms with Gasteiger partial charge in [-0.3, -0.25) is 9.36 Å². The third-order valence-electron chi connectivity index (χ3n) is 6.58. The molecule has 41 heavy (non-hydrogen) atoms. The number of aryl methyl sites for hydroxylation is 1. The molecule has 4 rings (SSSR count). The number of carbonyl (C=O) groups excluding carboxylic acids is 1. The predicted octanol–water partition coefficient (Wildman–Crippen LogP) is 3.42. The number of imidazole rings is 1. The van der Waals surface area contributed by atoms with E-state index < -0.39 is 48.8 Å². The Hall–Kier alpha value is -2.51. The van der Waals surface area contributed by atoms with Gasteiger partial charge in [-0.1, -0.05) is 39.0 Å². The van der Waals surface area contributed by atoms with Crippen LogP contribution >= 0.6 is 6.64 Å². The zero-order chi connectivity index (χ0) is 30.2. The number of nitrogens with one attached hydrogen (secondary N) is 1. The summed E-state index contributed by atoms with van der Waals surface area (Å²) in [5, 5.41) is 25.6. The molecule has 0 bridgehead atoms. The molecule has 7 atom stereocenters. The number of benzene rings is 1. The molecule has 2 aromatic heterocycles. The molecule has 3 heterocycles. The number of fused-ring (bicyclic) bond motifs is 1. The van der Waals surface area contributed by atoms with Gasteiger partial charge in [-0.05, 0) is 57.0 Å². The van der Waals surface area contributed by atoms with Crippen LogP contribution in [-0.4, -0.2) is 72.3 Å². The lowest BCUT2D eigenvalue weighted by Crippen LogP contribution is -2.46. The van der Waals surface area contributed by atoms with Crippen molar-refractivity contribution in [3.63, 3.8) is 0 Å². The largest absolute Gasteiger partial charge is 0.464 e. The van der Waals surface area contributed by atoms with E-state index in [1.807, 2.05) is 26.8 Å². The zero-order valence-electron chi connectivity index (χ0n) is 24.2. The molecule has 1 aromatic carbocycles. The number of rotatable bonds is 10. The number of para-hydroxylation sites is 1. The smallest absolute Gasteiger partial charge is 0.323 e. The van der Waals surface area contributed by atoms with Gasteiger partial charge in [0.05, 0.1) is 24.7 Å². The molecule has 14 heteroatoms. The van der Waals surface area contributed by atoms with Crippen molar-refractivity contribution in [2.45, 2.75) is 84.6 Å². The lowest BCUT2D eigenvalue weighted by molar-refractivity contribution is -0.148. The first-order chi connectivity index (χ1) is 19.1. The first-order valence-electron chi connectivity index (χ1n) is 13.3. The minimum atomic E-state index is -3.45. The van der Waals surface area contributed by atoms with E-state index in [-0.39, 0.29) is 12.0 Å². The van der Waals surface area contributed by atoms with Crippen molar-refractivity contribution < 1.29 is 33.5 Å². The summed E-state index contributed by atoms with van der Waals surface area (Å²) in [6.07, 6.45) is -1.44. The fraction of sp³-hybridized carbons (Fsp3) is 0.556. The van der Waals surface area contributed by atoms with Crippen LogP contribution in [0, 0.1) is 12.3 Å². The Morgan fingerprint density at radius 1 is 1.24 bits per heavy atom. The van der Waals surface area contributed by atoms with Gasteiger partial charge in [0.15, 0.2) is 11.9 Å². The number of aliphatic hydroxyl groups is 2. The number of aliphatic hydroxyl groups excluding tert-OH is 1. The van der Waals surface area contributed by atoms with Gasteiger partial charge in [0.2, 0.25) is 0 Å².